The molecule has 2 aliphatic heterocycles. The number of aromatic amines is 1. The van der Waals surface area contributed by atoms with Gasteiger partial charge in [-0.3, -0.25) is 4.68 Å². The smallest absolute Gasteiger partial charge is 0.145 e. The number of pyridine rings is 1. The van der Waals surface area contributed by atoms with Gasteiger partial charge in [0.05, 0.1) is 31.0 Å². The summed E-state index contributed by atoms with van der Waals surface area (Å²) in [4.78, 5) is 10.3. The Morgan fingerprint density at radius 1 is 1.12 bits per heavy atom. The van der Waals surface area contributed by atoms with Gasteiger partial charge >= 0.3 is 0 Å². The van der Waals surface area contributed by atoms with Crippen molar-refractivity contribution >= 4 is 11.0 Å². The quantitative estimate of drug-likeness (QED) is 0.490. The fourth-order valence-corrected chi connectivity index (χ4v) is 4.70. The summed E-state index contributed by atoms with van der Waals surface area (Å²) < 4.78 is 13.2. The molecule has 5 heterocycles. The second kappa shape index (κ2) is 8.60. The van der Waals surface area contributed by atoms with Gasteiger partial charge in [0, 0.05) is 40.7 Å². The first-order valence-electron chi connectivity index (χ1n) is 11.7. The normalized spacial score (nSPS) is 17.5. The van der Waals surface area contributed by atoms with Gasteiger partial charge in [0.15, 0.2) is 0 Å². The van der Waals surface area contributed by atoms with E-state index in [1.54, 1.807) is 0 Å². The lowest BCUT2D eigenvalue weighted by molar-refractivity contribution is -0.0797. The molecule has 0 aliphatic carbocycles. The minimum atomic E-state index is 0.0215. The van der Waals surface area contributed by atoms with Crippen LogP contribution in [0.1, 0.15) is 24.4 Å². The number of H-pyrrole nitrogens is 1. The Bertz CT molecular complexity index is 1370. The molecule has 0 unspecified atom stereocenters. The molecular formula is C26H26N6O2. The summed E-state index contributed by atoms with van der Waals surface area (Å²) in [5.74, 6) is 0.597. The molecule has 2 saturated heterocycles. The molecule has 1 aromatic carbocycles. The highest BCUT2D eigenvalue weighted by Crippen LogP contribution is 2.34. The van der Waals surface area contributed by atoms with Crippen LogP contribution in [0.25, 0.3) is 33.3 Å². The zero-order valence-electron chi connectivity index (χ0n) is 19.1. The topological polar surface area (TPSA) is 92.0 Å². The number of rotatable bonds is 5. The standard InChI is InChI=1S/C26H26N6O2/c1-31-6-4-21(5-7-31)32-14-20(12-30-32)19-9-23-24(13-29-26(23)28-11-19)17-2-3-25(18(8-17)10-27)34-22-15-33-16-22/h2-3,8-9,11-14,21-22H,4-7,15-16H2,1H3,(H,28,29). The van der Waals surface area contributed by atoms with Gasteiger partial charge < -0.3 is 19.4 Å². The van der Waals surface area contributed by atoms with Crippen LogP contribution in [0.2, 0.25) is 0 Å². The van der Waals surface area contributed by atoms with Crippen molar-refractivity contribution in [2.75, 3.05) is 33.4 Å². The predicted octanol–water partition coefficient (Wildman–Crippen LogP) is 4.01. The number of ether oxygens (including phenoxy) is 2. The Labute approximate surface area is 197 Å². The van der Waals surface area contributed by atoms with E-state index in [4.69, 9.17) is 9.47 Å². The van der Waals surface area contributed by atoms with E-state index in [-0.39, 0.29) is 6.10 Å². The van der Waals surface area contributed by atoms with E-state index in [9.17, 15) is 5.26 Å². The van der Waals surface area contributed by atoms with E-state index < -0.39 is 0 Å². The summed E-state index contributed by atoms with van der Waals surface area (Å²) >= 11 is 0. The van der Waals surface area contributed by atoms with Crippen LogP contribution < -0.4 is 4.74 Å². The van der Waals surface area contributed by atoms with Gasteiger partial charge in [-0.25, -0.2) is 4.98 Å². The highest BCUT2D eigenvalue weighted by molar-refractivity contribution is 5.96. The van der Waals surface area contributed by atoms with E-state index in [1.807, 2.05) is 36.8 Å². The van der Waals surface area contributed by atoms with Gasteiger partial charge in [0.25, 0.3) is 0 Å². The van der Waals surface area contributed by atoms with Crippen LogP contribution in [0.15, 0.2) is 49.1 Å². The summed E-state index contributed by atoms with van der Waals surface area (Å²) in [5.41, 5.74) is 5.36. The highest BCUT2D eigenvalue weighted by Gasteiger charge is 2.22. The molecular weight excluding hydrogens is 428 g/mol. The van der Waals surface area contributed by atoms with Crippen molar-refractivity contribution in [3.05, 3.63) is 54.6 Å². The number of nitrogens with one attached hydrogen (secondary N) is 1. The largest absolute Gasteiger partial charge is 0.484 e. The summed E-state index contributed by atoms with van der Waals surface area (Å²) in [7, 11) is 2.17. The highest BCUT2D eigenvalue weighted by atomic mass is 16.6. The molecule has 0 spiro atoms. The molecule has 8 nitrogen and oxygen atoms in total. The molecule has 1 N–H and O–H groups in total. The van der Waals surface area contributed by atoms with Gasteiger partial charge in [-0.05, 0) is 56.7 Å². The maximum atomic E-state index is 9.68. The molecule has 4 aromatic rings. The lowest BCUT2D eigenvalue weighted by Crippen LogP contribution is -2.38. The van der Waals surface area contributed by atoms with E-state index in [1.165, 1.54) is 0 Å². The molecule has 0 radical (unpaired) electrons. The molecule has 3 aromatic heterocycles. The van der Waals surface area contributed by atoms with Gasteiger partial charge in [-0.2, -0.15) is 10.4 Å². The molecule has 2 fully saturated rings. The Morgan fingerprint density at radius 2 is 1.97 bits per heavy atom. The van der Waals surface area contributed by atoms with Gasteiger partial charge in [-0.1, -0.05) is 6.07 Å². The third-order valence-corrected chi connectivity index (χ3v) is 6.84. The number of hydrogen-bond acceptors (Lipinski definition) is 6. The van der Waals surface area contributed by atoms with Crippen molar-refractivity contribution < 1.29 is 9.47 Å². The molecule has 34 heavy (non-hydrogen) atoms. The van der Waals surface area contributed by atoms with Crippen LogP contribution in [-0.2, 0) is 4.74 Å². The Hall–Kier alpha value is -3.67. The van der Waals surface area contributed by atoms with Gasteiger partial charge in [-0.15, -0.1) is 0 Å². The fourth-order valence-electron chi connectivity index (χ4n) is 4.70. The number of nitriles is 1. The van der Waals surface area contributed by atoms with E-state index >= 15 is 0 Å². The molecule has 8 heteroatoms. The number of fused-ring (bicyclic) bond motifs is 1. The summed E-state index contributed by atoms with van der Waals surface area (Å²) in [6, 6.07) is 10.6. The fraction of sp³-hybridized carbons (Fsp3) is 0.346. The zero-order valence-corrected chi connectivity index (χ0v) is 19.1. The molecule has 2 aliphatic rings. The summed E-state index contributed by atoms with van der Waals surface area (Å²) in [5, 5.41) is 15.4. The molecule has 0 atom stereocenters. The number of aromatic nitrogens is 4. The minimum Gasteiger partial charge on any atom is -0.484 e. The number of nitrogens with zero attached hydrogens (tertiary/aromatic N) is 5. The number of piperidine rings is 1. The Balaban J connectivity index is 1.30. The van der Waals surface area contributed by atoms with E-state index in [0.29, 0.717) is 30.6 Å². The Morgan fingerprint density at radius 3 is 2.74 bits per heavy atom. The molecule has 0 saturated carbocycles. The third kappa shape index (κ3) is 3.83. The Kier molecular flexibility index (Phi) is 5.28. The van der Waals surface area contributed by atoms with Gasteiger partial charge in [0.1, 0.15) is 23.6 Å². The monoisotopic (exact) mass is 454 g/mol. The first kappa shape index (κ1) is 20.9. The van der Waals surface area contributed by atoms with Crippen molar-refractivity contribution in [3.63, 3.8) is 0 Å². The van der Waals surface area contributed by atoms with E-state index in [0.717, 1.165) is 59.2 Å². The van der Waals surface area contributed by atoms with Gasteiger partial charge in [0.2, 0.25) is 0 Å². The number of likely N-dealkylation sites (tertiary alicyclic amines) is 1. The second-order valence-corrected chi connectivity index (χ2v) is 9.17. The maximum absolute atomic E-state index is 9.68. The van der Waals surface area contributed by atoms with Crippen LogP contribution >= 0.6 is 0 Å². The van der Waals surface area contributed by atoms with Crippen molar-refractivity contribution in [3.8, 4) is 34.1 Å². The summed E-state index contributed by atoms with van der Waals surface area (Å²) in [6.45, 7) is 3.34. The first-order chi connectivity index (χ1) is 16.7. The number of hydrogen-bond donors (Lipinski definition) is 1. The lowest BCUT2D eigenvalue weighted by atomic mass is 10.0. The SMILES string of the molecule is CN1CCC(n2cc(-c3cnc4[nH]cc(-c5ccc(OC6COC6)c(C#N)c5)c4c3)cn2)CC1. The molecule has 172 valence electrons. The average molecular weight is 455 g/mol. The predicted molar refractivity (Wildman–Crippen MR) is 128 cm³/mol. The molecule has 6 rings (SSSR count). The molecule has 0 amide bonds. The van der Waals surface area contributed by atoms with Crippen LogP contribution in [0.5, 0.6) is 5.75 Å². The molecule has 0 bridgehead atoms. The van der Waals surface area contributed by atoms with Crippen molar-refractivity contribution in [1.29, 1.82) is 5.26 Å². The minimum absolute atomic E-state index is 0.0215. The van der Waals surface area contributed by atoms with Crippen molar-refractivity contribution in [1.82, 2.24) is 24.6 Å². The lowest BCUT2D eigenvalue weighted by Gasteiger charge is -2.28. The van der Waals surface area contributed by atoms with Crippen LogP contribution in [0, 0.1) is 11.3 Å². The zero-order chi connectivity index (χ0) is 23.1. The van der Waals surface area contributed by atoms with Crippen molar-refractivity contribution in [2.45, 2.75) is 25.0 Å². The van der Waals surface area contributed by atoms with Crippen LogP contribution in [-0.4, -0.2) is 64.1 Å². The first-order valence-corrected chi connectivity index (χ1v) is 11.7. The maximum Gasteiger partial charge on any atom is 0.145 e. The van der Waals surface area contributed by atoms with Crippen LogP contribution in [0.4, 0.5) is 0 Å². The van der Waals surface area contributed by atoms with Crippen LogP contribution in [0.3, 0.4) is 0 Å². The summed E-state index contributed by atoms with van der Waals surface area (Å²) in [6.07, 6.45) is 10.1. The number of benzene rings is 1. The second-order valence-electron chi connectivity index (χ2n) is 9.17. The van der Waals surface area contributed by atoms with E-state index in [2.05, 4.69) is 50.0 Å². The van der Waals surface area contributed by atoms with Crippen molar-refractivity contribution in [2.24, 2.45) is 0 Å². The third-order valence-electron chi connectivity index (χ3n) is 6.84. The average Bonchev–Trinajstić information content (AvgIpc) is 3.49.